The normalized spacial score (nSPS) is 17.0. The van der Waals surface area contributed by atoms with E-state index >= 15 is 0 Å². The van der Waals surface area contributed by atoms with Gasteiger partial charge in [-0.05, 0) is 42.3 Å². The summed E-state index contributed by atoms with van der Waals surface area (Å²) in [7, 11) is 1.91. The van der Waals surface area contributed by atoms with E-state index in [9.17, 15) is 4.39 Å². The fraction of sp³-hybridized carbons (Fsp3) is 0.348. The Morgan fingerprint density at radius 1 is 1.15 bits per heavy atom. The van der Waals surface area contributed by atoms with Crippen molar-refractivity contribution in [3.63, 3.8) is 0 Å². The van der Waals surface area contributed by atoms with E-state index in [1.165, 1.54) is 17.2 Å². The smallest absolute Gasteiger partial charge is 0.131 e. The molecule has 1 aliphatic heterocycles. The number of ether oxygens (including phenoxy) is 1. The first-order chi connectivity index (χ1) is 13.2. The number of halogens is 1. The molecule has 0 spiro atoms. The quantitative estimate of drug-likeness (QED) is 0.729. The van der Waals surface area contributed by atoms with E-state index in [0.717, 1.165) is 35.3 Å². The molecule has 0 radical (unpaired) electrons. The fourth-order valence-electron chi connectivity index (χ4n) is 3.78. The molecule has 4 heteroatoms. The molecule has 1 aliphatic carbocycles. The molecule has 0 amide bonds. The first kappa shape index (κ1) is 19.1. The minimum absolute atomic E-state index is 0.0226. The Morgan fingerprint density at radius 3 is 2.67 bits per heavy atom. The van der Waals surface area contributed by atoms with E-state index < -0.39 is 0 Å². The predicted molar refractivity (Wildman–Crippen MR) is 106 cm³/mol. The van der Waals surface area contributed by atoms with E-state index in [2.05, 4.69) is 18.2 Å². The van der Waals surface area contributed by atoms with Gasteiger partial charge in [0.2, 0.25) is 0 Å². The van der Waals surface area contributed by atoms with Crippen molar-refractivity contribution in [1.29, 1.82) is 5.26 Å². The molecule has 3 nitrogen and oxygen atoms in total. The zero-order valence-electron chi connectivity index (χ0n) is 16.1. The summed E-state index contributed by atoms with van der Waals surface area (Å²) in [4.78, 5) is 1.95. The SMILES string of the molecule is CC.CN(CC#N)C[C@H]1CC2=C(O1)c1cc(F)ccc1Cc1ccccc12. The van der Waals surface area contributed by atoms with E-state index in [4.69, 9.17) is 10.00 Å². The molecular weight excluding hydrogens is 339 g/mol. The van der Waals surface area contributed by atoms with Crippen molar-refractivity contribution >= 4 is 11.3 Å². The minimum atomic E-state index is -0.245. The van der Waals surface area contributed by atoms with Crippen molar-refractivity contribution in [2.45, 2.75) is 32.8 Å². The third-order valence-electron chi connectivity index (χ3n) is 4.89. The van der Waals surface area contributed by atoms with Crippen molar-refractivity contribution in [2.75, 3.05) is 20.1 Å². The third kappa shape index (κ3) is 3.89. The fourth-order valence-corrected chi connectivity index (χ4v) is 3.78. The number of nitriles is 1. The number of hydrogen-bond donors (Lipinski definition) is 0. The Labute approximate surface area is 160 Å². The lowest BCUT2D eigenvalue weighted by molar-refractivity contribution is 0.146. The van der Waals surface area contributed by atoms with Crippen LogP contribution in [-0.4, -0.2) is 31.1 Å². The van der Waals surface area contributed by atoms with Crippen LogP contribution in [0, 0.1) is 17.1 Å². The van der Waals surface area contributed by atoms with Gasteiger partial charge in [0, 0.05) is 24.1 Å². The van der Waals surface area contributed by atoms with Crippen LogP contribution in [-0.2, 0) is 11.2 Å². The maximum Gasteiger partial charge on any atom is 0.131 e. The molecule has 0 aromatic heterocycles. The second-order valence-electron chi connectivity index (χ2n) is 6.74. The summed E-state index contributed by atoms with van der Waals surface area (Å²) in [6.45, 7) is 5.04. The predicted octanol–water partition coefficient (Wildman–Crippen LogP) is 4.87. The van der Waals surface area contributed by atoms with Gasteiger partial charge in [0.05, 0.1) is 12.6 Å². The summed E-state index contributed by atoms with van der Waals surface area (Å²) in [5.74, 6) is 0.556. The lowest BCUT2D eigenvalue weighted by Gasteiger charge is -2.20. The van der Waals surface area contributed by atoms with Gasteiger partial charge >= 0.3 is 0 Å². The Morgan fingerprint density at radius 2 is 1.89 bits per heavy atom. The maximum absolute atomic E-state index is 13.9. The summed E-state index contributed by atoms with van der Waals surface area (Å²) in [5.41, 5.74) is 5.53. The molecule has 27 heavy (non-hydrogen) atoms. The molecule has 0 saturated heterocycles. The van der Waals surface area contributed by atoms with Crippen molar-refractivity contribution in [3.05, 3.63) is 70.5 Å². The largest absolute Gasteiger partial charge is 0.488 e. The van der Waals surface area contributed by atoms with E-state index in [1.54, 1.807) is 6.07 Å². The Kier molecular flexibility index (Phi) is 5.93. The van der Waals surface area contributed by atoms with Gasteiger partial charge < -0.3 is 4.74 Å². The average molecular weight is 364 g/mol. The van der Waals surface area contributed by atoms with Gasteiger partial charge in [-0.1, -0.05) is 44.2 Å². The van der Waals surface area contributed by atoms with Crippen LogP contribution in [0.1, 0.15) is 42.5 Å². The Bertz CT molecular complexity index is 897. The van der Waals surface area contributed by atoms with E-state index in [0.29, 0.717) is 13.1 Å². The Hall–Kier alpha value is -2.64. The highest BCUT2D eigenvalue weighted by atomic mass is 19.1. The number of fused-ring (bicyclic) bond motifs is 4. The van der Waals surface area contributed by atoms with Crippen LogP contribution in [0.2, 0.25) is 0 Å². The van der Waals surface area contributed by atoms with Crippen LogP contribution in [0.4, 0.5) is 4.39 Å². The lowest BCUT2D eigenvalue weighted by atomic mass is 9.95. The van der Waals surface area contributed by atoms with Gasteiger partial charge in [0.15, 0.2) is 0 Å². The third-order valence-corrected chi connectivity index (χ3v) is 4.89. The highest BCUT2D eigenvalue weighted by Crippen LogP contribution is 2.44. The molecule has 1 atom stereocenters. The standard InChI is InChI=1S/C21H19FN2O.C2H6/c1-24(9-8-23)13-17-12-20-18-5-3-2-4-14(18)10-15-6-7-16(22)11-19(15)21(20)25-17;1-2/h2-7,11,17H,9-10,12-13H2,1H3;1-2H3/t17-;/m1./s1. The molecule has 2 aromatic rings. The van der Waals surface area contributed by atoms with E-state index in [1.807, 2.05) is 44.0 Å². The van der Waals surface area contributed by atoms with Gasteiger partial charge in [-0.3, -0.25) is 4.90 Å². The second-order valence-corrected chi connectivity index (χ2v) is 6.74. The van der Waals surface area contributed by atoms with Gasteiger partial charge in [0.1, 0.15) is 17.7 Å². The molecule has 0 fully saturated rings. The van der Waals surface area contributed by atoms with Gasteiger partial charge in [-0.2, -0.15) is 5.26 Å². The van der Waals surface area contributed by atoms with Crippen molar-refractivity contribution < 1.29 is 9.13 Å². The van der Waals surface area contributed by atoms with Crippen LogP contribution < -0.4 is 0 Å². The van der Waals surface area contributed by atoms with Crippen LogP contribution in [0.15, 0.2) is 42.5 Å². The lowest BCUT2D eigenvalue weighted by Crippen LogP contribution is -2.29. The molecule has 0 bridgehead atoms. The van der Waals surface area contributed by atoms with Crippen molar-refractivity contribution in [1.82, 2.24) is 4.90 Å². The molecule has 140 valence electrons. The average Bonchev–Trinajstić information content (AvgIpc) is 3.03. The van der Waals surface area contributed by atoms with Crippen molar-refractivity contribution in [2.24, 2.45) is 0 Å². The summed E-state index contributed by atoms with van der Waals surface area (Å²) in [6.07, 6.45) is 1.53. The highest BCUT2D eigenvalue weighted by molar-refractivity contribution is 5.92. The van der Waals surface area contributed by atoms with Crippen LogP contribution in [0.3, 0.4) is 0 Å². The van der Waals surface area contributed by atoms with Crippen LogP contribution in [0.5, 0.6) is 0 Å². The number of nitrogens with zero attached hydrogens (tertiary/aromatic N) is 2. The van der Waals surface area contributed by atoms with Gasteiger partial charge in [-0.25, -0.2) is 4.39 Å². The Balaban J connectivity index is 0.00000102. The number of likely N-dealkylation sites (N-methyl/N-ethyl adjacent to an activating group) is 1. The summed E-state index contributed by atoms with van der Waals surface area (Å²) in [5, 5.41) is 8.86. The highest BCUT2D eigenvalue weighted by Gasteiger charge is 2.32. The van der Waals surface area contributed by atoms with Crippen LogP contribution in [0.25, 0.3) is 11.3 Å². The van der Waals surface area contributed by atoms with Gasteiger partial charge in [-0.15, -0.1) is 0 Å². The zero-order valence-corrected chi connectivity index (χ0v) is 16.1. The number of benzene rings is 2. The van der Waals surface area contributed by atoms with Crippen LogP contribution >= 0.6 is 0 Å². The summed E-state index contributed by atoms with van der Waals surface area (Å²) < 4.78 is 20.2. The second kappa shape index (κ2) is 8.37. The number of rotatable bonds is 3. The molecule has 0 N–H and O–H groups in total. The molecule has 4 rings (SSSR count). The topological polar surface area (TPSA) is 36.3 Å². The molecule has 0 unspecified atom stereocenters. The monoisotopic (exact) mass is 364 g/mol. The molecule has 2 aromatic carbocycles. The zero-order chi connectivity index (χ0) is 19.4. The van der Waals surface area contributed by atoms with Gasteiger partial charge in [0.25, 0.3) is 0 Å². The summed E-state index contributed by atoms with van der Waals surface area (Å²) in [6, 6.07) is 15.4. The molecule has 0 saturated carbocycles. The van der Waals surface area contributed by atoms with Crippen molar-refractivity contribution in [3.8, 4) is 6.07 Å². The molecule has 2 aliphatic rings. The number of hydrogen-bond acceptors (Lipinski definition) is 3. The first-order valence-electron chi connectivity index (χ1n) is 9.48. The van der Waals surface area contributed by atoms with E-state index in [-0.39, 0.29) is 11.9 Å². The maximum atomic E-state index is 13.9. The first-order valence-corrected chi connectivity index (χ1v) is 9.48. The summed E-state index contributed by atoms with van der Waals surface area (Å²) >= 11 is 0. The minimum Gasteiger partial charge on any atom is -0.488 e. The molecule has 1 heterocycles. The molecular formula is C23H25FN2O.